The lowest BCUT2D eigenvalue weighted by Gasteiger charge is -2.27. The molecule has 2 rings (SSSR count). The fourth-order valence-electron chi connectivity index (χ4n) is 2.35. The van der Waals surface area contributed by atoms with Gasteiger partial charge in [0, 0.05) is 19.0 Å². The second-order valence-corrected chi connectivity index (χ2v) is 4.15. The standard InChI is InChI=1S/C10H18N4/c1-11-9-5-3-4-8(6-9)10-13-12-7-14(10)2/h7-9,11H,3-6H2,1-2H3. The predicted molar refractivity (Wildman–Crippen MR) is 55.1 cm³/mol. The third-order valence-electron chi connectivity index (χ3n) is 3.19. The summed E-state index contributed by atoms with van der Waals surface area (Å²) >= 11 is 0. The third-order valence-corrected chi connectivity index (χ3v) is 3.19. The minimum absolute atomic E-state index is 0.591. The molecule has 1 aliphatic rings. The van der Waals surface area contributed by atoms with E-state index in [1.54, 1.807) is 6.33 Å². The summed E-state index contributed by atoms with van der Waals surface area (Å²) in [7, 11) is 4.07. The first-order chi connectivity index (χ1) is 6.81. The lowest BCUT2D eigenvalue weighted by Crippen LogP contribution is -2.31. The van der Waals surface area contributed by atoms with E-state index >= 15 is 0 Å². The highest BCUT2D eigenvalue weighted by molar-refractivity contribution is 4.99. The van der Waals surface area contributed by atoms with Crippen LogP contribution in [0.1, 0.15) is 37.4 Å². The van der Waals surface area contributed by atoms with Crippen LogP contribution in [-0.4, -0.2) is 27.9 Å². The van der Waals surface area contributed by atoms with Crippen molar-refractivity contribution in [1.29, 1.82) is 0 Å². The number of aromatic nitrogens is 3. The fraction of sp³-hybridized carbons (Fsp3) is 0.800. The Morgan fingerprint density at radius 3 is 3.00 bits per heavy atom. The molecule has 1 saturated carbocycles. The van der Waals surface area contributed by atoms with Crippen LogP contribution in [0.3, 0.4) is 0 Å². The van der Waals surface area contributed by atoms with Gasteiger partial charge < -0.3 is 9.88 Å². The fourth-order valence-corrected chi connectivity index (χ4v) is 2.35. The Morgan fingerprint density at radius 2 is 2.36 bits per heavy atom. The van der Waals surface area contributed by atoms with E-state index in [0.717, 1.165) is 5.82 Å². The maximum Gasteiger partial charge on any atom is 0.135 e. The van der Waals surface area contributed by atoms with E-state index in [1.165, 1.54) is 25.7 Å². The summed E-state index contributed by atoms with van der Waals surface area (Å²) in [5, 5.41) is 11.5. The van der Waals surface area contributed by atoms with Gasteiger partial charge in [-0.2, -0.15) is 0 Å². The van der Waals surface area contributed by atoms with E-state index in [0.29, 0.717) is 12.0 Å². The quantitative estimate of drug-likeness (QED) is 0.765. The molecule has 2 unspecified atom stereocenters. The molecule has 14 heavy (non-hydrogen) atoms. The zero-order chi connectivity index (χ0) is 9.97. The minimum Gasteiger partial charge on any atom is -0.320 e. The maximum absolute atomic E-state index is 4.19. The average molecular weight is 194 g/mol. The number of hydrogen-bond donors (Lipinski definition) is 1. The second kappa shape index (κ2) is 4.09. The summed E-state index contributed by atoms with van der Waals surface area (Å²) in [5.74, 6) is 1.73. The van der Waals surface area contributed by atoms with Gasteiger partial charge in [-0.05, 0) is 26.3 Å². The lowest BCUT2D eigenvalue weighted by molar-refractivity contribution is 0.342. The molecule has 1 aromatic rings. The van der Waals surface area contributed by atoms with E-state index in [1.807, 2.05) is 18.7 Å². The summed E-state index contributed by atoms with van der Waals surface area (Å²) in [4.78, 5) is 0. The Hall–Kier alpha value is -0.900. The molecule has 0 spiro atoms. The van der Waals surface area contributed by atoms with Crippen molar-refractivity contribution in [3.05, 3.63) is 12.2 Å². The highest BCUT2D eigenvalue weighted by Gasteiger charge is 2.24. The van der Waals surface area contributed by atoms with Gasteiger partial charge in [-0.3, -0.25) is 0 Å². The first kappa shape index (κ1) is 9.65. The van der Waals surface area contributed by atoms with Crippen LogP contribution >= 0.6 is 0 Å². The highest BCUT2D eigenvalue weighted by Crippen LogP contribution is 2.31. The highest BCUT2D eigenvalue weighted by atomic mass is 15.2. The zero-order valence-electron chi connectivity index (χ0n) is 8.90. The zero-order valence-corrected chi connectivity index (χ0v) is 8.90. The van der Waals surface area contributed by atoms with Crippen molar-refractivity contribution in [3.8, 4) is 0 Å². The number of rotatable bonds is 2. The Morgan fingerprint density at radius 1 is 1.50 bits per heavy atom. The molecule has 1 aliphatic carbocycles. The average Bonchev–Trinajstić information content (AvgIpc) is 2.65. The van der Waals surface area contributed by atoms with Crippen LogP contribution in [0, 0.1) is 0 Å². The number of nitrogens with one attached hydrogen (secondary N) is 1. The van der Waals surface area contributed by atoms with Crippen molar-refractivity contribution < 1.29 is 0 Å². The normalized spacial score (nSPS) is 27.9. The summed E-state index contributed by atoms with van der Waals surface area (Å²) in [6, 6.07) is 0.658. The largest absolute Gasteiger partial charge is 0.320 e. The van der Waals surface area contributed by atoms with Crippen LogP contribution in [0.15, 0.2) is 6.33 Å². The number of nitrogens with zero attached hydrogens (tertiary/aromatic N) is 3. The Bertz CT molecular complexity index is 294. The molecule has 0 aliphatic heterocycles. The predicted octanol–water partition coefficient (Wildman–Crippen LogP) is 1.06. The van der Waals surface area contributed by atoms with Gasteiger partial charge in [0.25, 0.3) is 0 Å². The summed E-state index contributed by atoms with van der Waals surface area (Å²) in [6.45, 7) is 0. The first-order valence-electron chi connectivity index (χ1n) is 5.32. The third kappa shape index (κ3) is 1.80. The molecule has 78 valence electrons. The molecule has 0 radical (unpaired) electrons. The van der Waals surface area contributed by atoms with Gasteiger partial charge in [-0.15, -0.1) is 10.2 Å². The molecule has 0 aromatic carbocycles. The van der Waals surface area contributed by atoms with Crippen molar-refractivity contribution in [1.82, 2.24) is 20.1 Å². The number of aryl methyl sites for hydroxylation is 1. The smallest absolute Gasteiger partial charge is 0.135 e. The molecule has 4 heteroatoms. The Balaban J connectivity index is 2.08. The monoisotopic (exact) mass is 194 g/mol. The summed E-state index contributed by atoms with van der Waals surface area (Å²) in [6.07, 6.45) is 6.83. The van der Waals surface area contributed by atoms with E-state index < -0.39 is 0 Å². The van der Waals surface area contributed by atoms with Gasteiger partial charge in [0.1, 0.15) is 12.2 Å². The van der Waals surface area contributed by atoms with Gasteiger partial charge in [-0.25, -0.2) is 0 Å². The van der Waals surface area contributed by atoms with E-state index in [-0.39, 0.29) is 0 Å². The second-order valence-electron chi connectivity index (χ2n) is 4.15. The topological polar surface area (TPSA) is 42.7 Å². The van der Waals surface area contributed by atoms with Crippen molar-refractivity contribution in [2.45, 2.75) is 37.6 Å². The first-order valence-corrected chi connectivity index (χ1v) is 5.32. The maximum atomic E-state index is 4.19. The van der Waals surface area contributed by atoms with Crippen molar-refractivity contribution >= 4 is 0 Å². The molecule has 0 bridgehead atoms. The number of hydrogen-bond acceptors (Lipinski definition) is 3. The molecule has 1 fully saturated rings. The van der Waals surface area contributed by atoms with Gasteiger partial charge in [0.05, 0.1) is 0 Å². The van der Waals surface area contributed by atoms with Crippen LogP contribution < -0.4 is 5.32 Å². The van der Waals surface area contributed by atoms with E-state index in [4.69, 9.17) is 0 Å². The molecule has 1 N–H and O–H groups in total. The Labute approximate surface area is 84.7 Å². The van der Waals surface area contributed by atoms with Crippen LogP contribution in [-0.2, 0) is 7.05 Å². The van der Waals surface area contributed by atoms with Crippen molar-refractivity contribution in [2.75, 3.05) is 7.05 Å². The van der Waals surface area contributed by atoms with Crippen molar-refractivity contribution in [2.24, 2.45) is 7.05 Å². The molecular weight excluding hydrogens is 176 g/mol. The van der Waals surface area contributed by atoms with Crippen LogP contribution in [0.2, 0.25) is 0 Å². The van der Waals surface area contributed by atoms with Gasteiger partial charge in [-0.1, -0.05) is 6.42 Å². The molecule has 0 saturated heterocycles. The molecule has 4 nitrogen and oxygen atoms in total. The van der Waals surface area contributed by atoms with Crippen molar-refractivity contribution in [3.63, 3.8) is 0 Å². The summed E-state index contributed by atoms with van der Waals surface area (Å²) < 4.78 is 2.04. The summed E-state index contributed by atoms with van der Waals surface area (Å²) in [5.41, 5.74) is 0. The lowest BCUT2D eigenvalue weighted by atomic mass is 9.85. The molecule has 1 heterocycles. The molecule has 2 atom stereocenters. The molecular formula is C10H18N4. The molecule has 0 amide bonds. The van der Waals surface area contributed by atoms with E-state index in [9.17, 15) is 0 Å². The SMILES string of the molecule is CNC1CCCC(c2nncn2C)C1. The van der Waals surface area contributed by atoms with Crippen LogP contribution in [0.4, 0.5) is 0 Å². The molecule has 1 aromatic heterocycles. The van der Waals surface area contributed by atoms with Crippen LogP contribution in [0.25, 0.3) is 0 Å². The Kier molecular flexibility index (Phi) is 2.82. The van der Waals surface area contributed by atoms with Gasteiger partial charge in [0.2, 0.25) is 0 Å². The van der Waals surface area contributed by atoms with Gasteiger partial charge in [0.15, 0.2) is 0 Å². The van der Waals surface area contributed by atoms with Gasteiger partial charge >= 0.3 is 0 Å². The van der Waals surface area contributed by atoms with Crippen LogP contribution in [0.5, 0.6) is 0 Å². The minimum atomic E-state index is 0.591. The van der Waals surface area contributed by atoms with E-state index in [2.05, 4.69) is 15.5 Å².